The lowest BCUT2D eigenvalue weighted by atomic mass is 10.1. The van der Waals surface area contributed by atoms with E-state index >= 15 is 0 Å². The van der Waals surface area contributed by atoms with Crippen molar-refractivity contribution in [3.63, 3.8) is 0 Å². The van der Waals surface area contributed by atoms with Gasteiger partial charge in [0, 0.05) is 17.5 Å². The number of hydrogen-bond donors (Lipinski definition) is 1. The van der Waals surface area contributed by atoms with Gasteiger partial charge in [-0.15, -0.1) is 21.5 Å². The van der Waals surface area contributed by atoms with Gasteiger partial charge in [0.05, 0.1) is 11.4 Å². The number of nitrogens with zero attached hydrogens (tertiary/aromatic N) is 4. The molecule has 0 spiro atoms. The number of carbonyl (C=O) groups is 1. The number of thioether (sulfide) groups is 1. The second kappa shape index (κ2) is 11.0. The van der Waals surface area contributed by atoms with Crippen molar-refractivity contribution in [2.75, 3.05) is 11.1 Å². The van der Waals surface area contributed by atoms with E-state index in [2.05, 4.69) is 58.6 Å². The van der Waals surface area contributed by atoms with Crippen LogP contribution in [0.2, 0.25) is 0 Å². The molecule has 2 aromatic heterocycles. The summed E-state index contributed by atoms with van der Waals surface area (Å²) in [5.74, 6) is 1.63. The second-order valence-electron chi connectivity index (χ2n) is 8.43. The lowest BCUT2D eigenvalue weighted by molar-refractivity contribution is -0.113. The molecule has 0 saturated carbocycles. The molecule has 0 radical (unpaired) electrons. The van der Waals surface area contributed by atoms with Crippen molar-refractivity contribution in [2.24, 2.45) is 0 Å². The zero-order valence-electron chi connectivity index (χ0n) is 20.6. The molecule has 0 aliphatic carbocycles. The molecule has 1 N–H and O–H groups in total. The number of nitrogens with one attached hydrogen (secondary N) is 1. The average Bonchev–Trinajstić information content (AvgIpc) is 3.44. The molecule has 2 aromatic carbocycles. The standard InChI is InChI=1S/C26H29N5O2S2/c1-6-31-23(13-33-21-10-16(2)9-17(3)11-21)29-30-26(31)35-15-24(32)28-25-27-22(14-34-25)20-8-7-18(4)19(5)12-20/h7-12,14H,6,13,15H2,1-5H3,(H,27,28,32). The number of aromatic nitrogens is 4. The largest absolute Gasteiger partial charge is 0.486 e. The third-order valence-corrected chi connectivity index (χ3v) is 7.28. The van der Waals surface area contributed by atoms with Crippen molar-refractivity contribution in [3.05, 3.63) is 69.9 Å². The van der Waals surface area contributed by atoms with E-state index in [4.69, 9.17) is 4.74 Å². The van der Waals surface area contributed by atoms with Crippen LogP contribution in [-0.4, -0.2) is 31.4 Å². The van der Waals surface area contributed by atoms with E-state index < -0.39 is 0 Å². The third-order valence-electron chi connectivity index (χ3n) is 5.56. The Morgan fingerprint density at radius 1 is 1.06 bits per heavy atom. The molecule has 0 fully saturated rings. The van der Waals surface area contributed by atoms with Gasteiger partial charge in [0.2, 0.25) is 5.91 Å². The van der Waals surface area contributed by atoms with Crippen LogP contribution in [0.3, 0.4) is 0 Å². The molecule has 4 rings (SSSR count). The van der Waals surface area contributed by atoms with E-state index in [0.717, 1.165) is 34.0 Å². The first-order valence-corrected chi connectivity index (χ1v) is 13.3. The van der Waals surface area contributed by atoms with Gasteiger partial charge in [0.25, 0.3) is 0 Å². The van der Waals surface area contributed by atoms with E-state index in [1.165, 1.54) is 34.2 Å². The number of amides is 1. The number of thiazole rings is 1. The molecule has 0 aliphatic heterocycles. The highest BCUT2D eigenvalue weighted by molar-refractivity contribution is 7.99. The van der Waals surface area contributed by atoms with E-state index in [-0.39, 0.29) is 11.7 Å². The van der Waals surface area contributed by atoms with Crippen molar-refractivity contribution in [2.45, 2.75) is 52.9 Å². The first-order valence-electron chi connectivity index (χ1n) is 11.4. The summed E-state index contributed by atoms with van der Waals surface area (Å²) in [6, 6.07) is 12.4. The normalized spacial score (nSPS) is 11.0. The van der Waals surface area contributed by atoms with Crippen LogP contribution < -0.4 is 10.1 Å². The van der Waals surface area contributed by atoms with Crippen LogP contribution in [-0.2, 0) is 17.9 Å². The minimum absolute atomic E-state index is 0.130. The molecule has 0 unspecified atom stereocenters. The minimum Gasteiger partial charge on any atom is -0.486 e. The van der Waals surface area contributed by atoms with E-state index in [1.807, 2.05) is 42.9 Å². The Bertz CT molecular complexity index is 1330. The van der Waals surface area contributed by atoms with Gasteiger partial charge < -0.3 is 14.6 Å². The summed E-state index contributed by atoms with van der Waals surface area (Å²) in [6.45, 7) is 11.3. The summed E-state index contributed by atoms with van der Waals surface area (Å²) in [5.41, 5.74) is 6.68. The van der Waals surface area contributed by atoms with Gasteiger partial charge >= 0.3 is 0 Å². The Morgan fingerprint density at radius 2 is 1.83 bits per heavy atom. The summed E-state index contributed by atoms with van der Waals surface area (Å²) in [7, 11) is 0. The fourth-order valence-corrected chi connectivity index (χ4v) is 5.22. The Balaban J connectivity index is 1.34. The SMILES string of the molecule is CCn1c(COc2cc(C)cc(C)c2)nnc1SCC(=O)Nc1nc(-c2ccc(C)c(C)c2)cs1. The van der Waals surface area contributed by atoms with Crippen molar-refractivity contribution in [1.82, 2.24) is 19.7 Å². The van der Waals surface area contributed by atoms with Gasteiger partial charge in [0.1, 0.15) is 12.4 Å². The monoisotopic (exact) mass is 507 g/mol. The summed E-state index contributed by atoms with van der Waals surface area (Å²) in [6.07, 6.45) is 0. The lowest BCUT2D eigenvalue weighted by Gasteiger charge is -2.10. The van der Waals surface area contributed by atoms with Crippen LogP contribution in [0.5, 0.6) is 5.75 Å². The van der Waals surface area contributed by atoms with Crippen molar-refractivity contribution in [1.29, 1.82) is 0 Å². The van der Waals surface area contributed by atoms with Crippen molar-refractivity contribution >= 4 is 34.1 Å². The third kappa shape index (κ3) is 6.29. The van der Waals surface area contributed by atoms with Gasteiger partial charge in [-0.1, -0.05) is 30.0 Å². The summed E-state index contributed by atoms with van der Waals surface area (Å²) < 4.78 is 7.92. The molecular weight excluding hydrogens is 478 g/mol. The summed E-state index contributed by atoms with van der Waals surface area (Å²) >= 11 is 2.77. The summed E-state index contributed by atoms with van der Waals surface area (Å²) in [4.78, 5) is 17.1. The predicted molar refractivity (Wildman–Crippen MR) is 142 cm³/mol. The molecule has 182 valence electrons. The fourth-order valence-electron chi connectivity index (χ4n) is 3.66. The van der Waals surface area contributed by atoms with Crippen LogP contribution in [0.15, 0.2) is 46.9 Å². The minimum atomic E-state index is -0.130. The maximum absolute atomic E-state index is 12.6. The zero-order valence-corrected chi connectivity index (χ0v) is 22.2. The molecule has 2 heterocycles. The molecule has 0 atom stereocenters. The number of aryl methyl sites for hydroxylation is 4. The van der Waals surface area contributed by atoms with Gasteiger partial charge in [0.15, 0.2) is 16.1 Å². The predicted octanol–water partition coefficient (Wildman–Crippen LogP) is 5.96. The van der Waals surface area contributed by atoms with Crippen LogP contribution >= 0.6 is 23.1 Å². The Morgan fingerprint density at radius 3 is 2.54 bits per heavy atom. The Kier molecular flexibility index (Phi) is 7.87. The lowest BCUT2D eigenvalue weighted by Crippen LogP contribution is -2.14. The van der Waals surface area contributed by atoms with Crippen LogP contribution in [0, 0.1) is 27.7 Å². The molecular formula is C26H29N5O2S2. The molecule has 0 bridgehead atoms. The number of anilines is 1. The maximum Gasteiger partial charge on any atom is 0.236 e. The number of benzene rings is 2. The van der Waals surface area contributed by atoms with E-state index in [0.29, 0.717) is 23.4 Å². The summed E-state index contributed by atoms with van der Waals surface area (Å²) in [5, 5.41) is 14.7. The number of rotatable bonds is 9. The topological polar surface area (TPSA) is 81.9 Å². The molecule has 9 heteroatoms. The molecule has 1 amide bonds. The fraction of sp³-hybridized carbons (Fsp3) is 0.308. The first-order chi connectivity index (χ1) is 16.8. The first kappa shape index (κ1) is 24.9. The highest BCUT2D eigenvalue weighted by Crippen LogP contribution is 2.27. The van der Waals surface area contributed by atoms with E-state index in [1.54, 1.807) is 0 Å². The van der Waals surface area contributed by atoms with Crippen LogP contribution in [0.25, 0.3) is 11.3 Å². The van der Waals surface area contributed by atoms with E-state index in [9.17, 15) is 4.79 Å². The van der Waals surface area contributed by atoms with Crippen LogP contribution in [0.1, 0.15) is 35.0 Å². The average molecular weight is 508 g/mol. The number of hydrogen-bond acceptors (Lipinski definition) is 7. The molecule has 7 nitrogen and oxygen atoms in total. The number of ether oxygens (including phenoxy) is 1. The van der Waals surface area contributed by atoms with Crippen LogP contribution in [0.4, 0.5) is 5.13 Å². The Labute approximate surface area is 214 Å². The Hall–Kier alpha value is -3.17. The molecule has 0 saturated heterocycles. The second-order valence-corrected chi connectivity index (χ2v) is 10.2. The highest BCUT2D eigenvalue weighted by Gasteiger charge is 2.15. The smallest absolute Gasteiger partial charge is 0.236 e. The van der Waals surface area contributed by atoms with Gasteiger partial charge in [-0.2, -0.15) is 0 Å². The van der Waals surface area contributed by atoms with Crippen molar-refractivity contribution in [3.8, 4) is 17.0 Å². The zero-order chi connectivity index (χ0) is 24.9. The molecule has 4 aromatic rings. The van der Waals surface area contributed by atoms with Crippen molar-refractivity contribution < 1.29 is 9.53 Å². The van der Waals surface area contributed by atoms with Gasteiger partial charge in [-0.3, -0.25) is 4.79 Å². The van der Waals surface area contributed by atoms with Gasteiger partial charge in [-0.25, -0.2) is 4.98 Å². The highest BCUT2D eigenvalue weighted by atomic mass is 32.2. The van der Waals surface area contributed by atoms with Gasteiger partial charge in [-0.05, 0) is 75.1 Å². The molecule has 0 aliphatic rings. The maximum atomic E-state index is 12.6. The number of carbonyl (C=O) groups excluding carboxylic acids is 1. The molecule has 35 heavy (non-hydrogen) atoms. The quantitative estimate of drug-likeness (QED) is 0.281.